The number of carbonyl (C=O) groups is 5. The number of amides is 4. The third kappa shape index (κ3) is 8.87. The summed E-state index contributed by atoms with van der Waals surface area (Å²) in [6.07, 6.45) is 0.495. The van der Waals surface area contributed by atoms with E-state index in [-0.39, 0.29) is 37.2 Å². The summed E-state index contributed by atoms with van der Waals surface area (Å²) in [5, 5.41) is 18.1. The Bertz CT molecular complexity index is 1350. The Balaban J connectivity index is 1.21. The maximum absolute atomic E-state index is 13.0. The zero-order valence-corrected chi connectivity index (χ0v) is 25.1. The first-order chi connectivity index (χ1) is 20.9. The number of nitrogens with zero attached hydrogens (tertiary/aromatic N) is 1. The van der Waals surface area contributed by atoms with Gasteiger partial charge in [-0.3, -0.25) is 24.0 Å². The predicted octanol–water partition coefficient (Wildman–Crippen LogP) is 0.204. The topological polar surface area (TPSA) is 180 Å². The van der Waals surface area contributed by atoms with E-state index < -0.39 is 41.5 Å². The van der Waals surface area contributed by atoms with Gasteiger partial charge in [-0.1, -0.05) is 42.5 Å². The van der Waals surface area contributed by atoms with Gasteiger partial charge in [0, 0.05) is 26.1 Å². The van der Waals surface area contributed by atoms with Gasteiger partial charge >= 0.3 is 0 Å². The van der Waals surface area contributed by atoms with E-state index in [0.29, 0.717) is 38.1 Å². The monoisotopic (exact) mass is 607 g/mol. The molecule has 4 rings (SSSR count). The van der Waals surface area contributed by atoms with E-state index >= 15 is 0 Å². The number of aliphatic hydroxyl groups excluding tert-OH is 1. The minimum atomic E-state index is -1.22. The second-order valence-corrected chi connectivity index (χ2v) is 11.8. The zero-order chi connectivity index (χ0) is 31.9. The second-order valence-electron chi connectivity index (χ2n) is 11.8. The molecule has 5 atom stereocenters. The molecule has 0 unspecified atom stereocenters. The van der Waals surface area contributed by atoms with E-state index in [0.717, 1.165) is 11.1 Å². The first-order valence-electron chi connectivity index (χ1n) is 14.9. The number of aliphatic hydroxyl groups is 1. The number of ketones is 1. The second kappa shape index (κ2) is 14.5. The number of benzene rings is 2. The Morgan fingerprint density at radius 2 is 1.75 bits per heavy atom. The van der Waals surface area contributed by atoms with E-state index in [1.165, 1.54) is 6.92 Å². The quantitative estimate of drug-likeness (QED) is 0.214. The van der Waals surface area contributed by atoms with Gasteiger partial charge in [0.25, 0.3) is 5.91 Å². The molecule has 1 heterocycles. The fourth-order valence-electron chi connectivity index (χ4n) is 5.06. The van der Waals surface area contributed by atoms with Gasteiger partial charge in [0.05, 0.1) is 18.1 Å². The normalized spacial score (nSPS) is 21.4. The lowest BCUT2D eigenvalue weighted by Crippen LogP contribution is -2.57. The van der Waals surface area contributed by atoms with E-state index in [4.69, 9.17) is 10.5 Å². The van der Waals surface area contributed by atoms with E-state index in [1.54, 1.807) is 36.1 Å². The Hall–Kier alpha value is -4.29. The minimum Gasteiger partial charge on any atom is -0.484 e. The Labute approximate surface area is 256 Å². The van der Waals surface area contributed by atoms with Crippen LogP contribution in [0, 0.1) is 5.92 Å². The molecule has 0 radical (unpaired) electrons. The van der Waals surface area contributed by atoms with Crippen molar-refractivity contribution in [3.63, 3.8) is 0 Å². The molecule has 1 aliphatic heterocycles. The molecule has 1 aliphatic carbocycles. The van der Waals surface area contributed by atoms with Crippen LogP contribution in [0.25, 0.3) is 0 Å². The average molecular weight is 608 g/mol. The molecule has 0 aromatic heterocycles. The summed E-state index contributed by atoms with van der Waals surface area (Å²) in [6.45, 7) is 3.79. The fraction of sp³-hybridized carbons (Fsp3) is 0.469. The van der Waals surface area contributed by atoms with Crippen molar-refractivity contribution in [3.05, 3.63) is 65.7 Å². The molecule has 2 fully saturated rings. The number of Topliss-reactive ketones (excluding diaryl/α,β-unsaturated/α-hetero) is 1. The van der Waals surface area contributed by atoms with Crippen LogP contribution in [-0.4, -0.2) is 82.8 Å². The Morgan fingerprint density at radius 1 is 1.07 bits per heavy atom. The van der Waals surface area contributed by atoms with Gasteiger partial charge in [-0.15, -0.1) is 0 Å². The van der Waals surface area contributed by atoms with Crippen molar-refractivity contribution in [2.75, 3.05) is 19.7 Å². The minimum absolute atomic E-state index is 0.107. The summed E-state index contributed by atoms with van der Waals surface area (Å²) in [5.74, 6) is -1.80. The molecule has 1 saturated heterocycles. The third-order valence-electron chi connectivity index (χ3n) is 8.00. The highest BCUT2D eigenvalue weighted by Gasteiger charge is 2.51. The molecule has 0 bridgehead atoms. The van der Waals surface area contributed by atoms with Crippen molar-refractivity contribution in [1.29, 1.82) is 0 Å². The highest BCUT2D eigenvalue weighted by molar-refractivity contribution is 6.08. The molecule has 2 aliphatic rings. The first-order valence-corrected chi connectivity index (χ1v) is 14.9. The maximum Gasteiger partial charge on any atom is 0.260 e. The van der Waals surface area contributed by atoms with Gasteiger partial charge in [-0.25, -0.2) is 0 Å². The number of ether oxygens (including phenoxy) is 1. The largest absolute Gasteiger partial charge is 0.484 e. The smallest absolute Gasteiger partial charge is 0.260 e. The van der Waals surface area contributed by atoms with Crippen LogP contribution in [0.5, 0.6) is 5.75 Å². The van der Waals surface area contributed by atoms with Gasteiger partial charge in [0.2, 0.25) is 17.7 Å². The number of hydrogen-bond donors (Lipinski definition) is 5. The van der Waals surface area contributed by atoms with Crippen molar-refractivity contribution in [1.82, 2.24) is 20.9 Å². The lowest BCUT2D eigenvalue weighted by Gasteiger charge is -2.33. The Morgan fingerprint density at radius 3 is 2.39 bits per heavy atom. The molecule has 12 nitrogen and oxygen atoms in total. The standard InChI is InChI=1S/C32H41N5O7/c1-20(38)28(31(43)36-32(2)16-26(32)39)35-29(41)23-9-6-14-37(18-23)27(40)19-44-24-12-10-21(11-13-24)15-25(33)30(42)34-17-22-7-4-3-5-8-22/h3-5,7-8,10-13,20,23,25,28,38H,6,9,14-19,33H2,1-2H3,(H,34,42)(H,35,41)(H,36,43)/t20-,23+,25+,28+,32-/m1/s1. The molecule has 2 aromatic carbocycles. The molecule has 2 aromatic rings. The van der Waals surface area contributed by atoms with Crippen LogP contribution in [0.2, 0.25) is 0 Å². The number of nitrogens with one attached hydrogen (secondary N) is 3. The van der Waals surface area contributed by atoms with Gasteiger partial charge < -0.3 is 36.4 Å². The van der Waals surface area contributed by atoms with Crippen LogP contribution in [0.4, 0.5) is 0 Å². The summed E-state index contributed by atoms with van der Waals surface area (Å²) >= 11 is 0. The summed E-state index contributed by atoms with van der Waals surface area (Å²) in [7, 11) is 0. The van der Waals surface area contributed by atoms with E-state index in [2.05, 4.69) is 16.0 Å². The van der Waals surface area contributed by atoms with Crippen molar-refractivity contribution in [3.8, 4) is 5.75 Å². The van der Waals surface area contributed by atoms with Gasteiger partial charge in [-0.05, 0) is 56.4 Å². The Kier molecular flexibility index (Phi) is 10.7. The van der Waals surface area contributed by atoms with Crippen LogP contribution < -0.4 is 26.4 Å². The van der Waals surface area contributed by atoms with Gasteiger partial charge in [0.1, 0.15) is 17.3 Å². The lowest BCUT2D eigenvalue weighted by molar-refractivity contribution is -0.139. The number of hydrogen-bond acceptors (Lipinski definition) is 8. The van der Waals surface area contributed by atoms with Crippen LogP contribution >= 0.6 is 0 Å². The molecule has 0 spiro atoms. The van der Waals surface area contributed by atoms with Crippen molar-refractivity contribution < 1.29 is 33.8 Å². The van der Waals surface area contributed by atoms with Crippen LogP contribution in [0.3, 0.4) is 0 Å². The van der Waals surface area contributed by atoms with Gasteiger partial charge in [0.15, 0.2) is 12.4 Å². The zero-order valence-electron chi connectivity index (χ0n) is 25.1. The molecule has 1 saturated carbocycles. The van der Waals surface area contributed by atoms with Crippen LogP contribution in [-0.2, 0) is 36.9 Å². The SMILES string of the molecule is C[C@@H](O)[C@H](NC(=O)[C@H]1CCCN(C(=O)COc2ccc(C[C@H](N)C(=O)NCc3ccccc3)cc2)C1)C(=O)N[C@]1(C)CC1=O. The molecule has 236 valence electrons. The summed E-state index contributed by atoms with van der Waals surface area (Å²) in [4.78, 5) is 64.0. The summed E-state index contributed by atoms with van der Waals surface area (Å²) < 4.78 is 5.68. The van der Waals surface area contributed by atoms with Gasteiger partial charge in [-0.2, -0.15) is 0 Å². The molecule has 44 heavy (non-hydrogen) atoms. The number of nitrogens with two attached hydrogens (primary N) is 1. The van der Waals surface area contributed by atoms with Crippen molar-refractivity contribution in [2.45, 2.75) is 69.8 Å². The fourth-order valence-corrected chi connectivity index (χ4v) is 5.06. The number of rotatable bonds is 13. The number of piperidine rings is 1. The highest BCUT2D eigenvalue weighted by Crippen LogP contribution is 2.29. The lowest BCUT2D eigenvalue weighted by atomic mass is 9.96. The summed E-state index contributed by atoms with van der Waals surface area (Å²) in [5.41, 5.74) is 6.97. The molecule has 4 amide bonds. The van der Waals surface area contributed by atoms with Crippen LogP contribution in [0.15, 0.2) is 54.6 Å². The van der Waals surface area contributed by atoms with Crippen molar-refractivity contribution in [2.24, 2.45) is 11.7 Å². The van der Waals surface area contributed by atoms with Crippen LogP contribution in [0.1, 0.15) is 44.2 Å². The average Bonchev–Trinajstić information content (AvgIpc) is 3.62. The highest BCUT2D eigenvalue weighted by atomic mass is 16.5. The predicted molar refractivity (Wildman–Crippen MR) is 161 cm³/mol. The number of carbonyl (C=O) groups excluding carboxylic acids is 5. The van der Waals surface area contributed by atoms with E-state index in [9.17, 15) is 29.1 Å². The van der Waals surface area contributed by atoms with E-state index in [1.807, 2.05) is 30.3 Å². The molecular weight excluding hydrogens is 566 g/mol. The first kappa shape index (κ1) is 32.6. The number of likely N-dealkylation sites (tertiary alicyclic amines) is 1. The molecule has 12 heteroatoms. The molecular formula is C32H41N5O7. The van der Waals surface area contributed by atoms with Crippen molar-refractivity contribution >= 4 is 29.4 Å². The molecule has 6 N–H and O–H groups in total. The third-order valence-corrected chi connectivity index (χ3v) is 8.00. The summed E-state index contributed by atoms with van der Waals surface area (Å²) in [6, 6.07) is 14.6. The maximum atomic E-state index is 13.0.